The van der Waals surface area contributed by atoms with Gasteiger partial charge in [-0.25, -0.2) is 4.39 Å². The van der Waals surface area contributed by atoms with Crippen molar-refractivity contribution in [2.75, 3.05) is 6.61 Å². The highest BCUT2D eigenvalue weighted by Crippen LogP contribution is 2.19. The van der Waals surface area contributed by atoms with E-state index in [1.54, 1.807) is 18.2 Å². The van der Waals surface area contributed by atoms with Crippen LogP contribution in [0.1, 0.15) is 18.9 Å². The van der Waals surface area contributed by atoms with Crippen LogP contribution in [0.2, 0.25) is 5.02 Å². The Morgan fingerprint density at radius 1 is 1.56 bits per heavy atom. The average molecular weight is 244 g/mol. The van der Waals surface area contributed by atoms with Crippen molar-refractivity contribution in [1.82, 2.24) is 5.32 Å². The molecule has 88 valence electrons. The van der Waals surface area contributed by atoms with Gasteiger partial charge in [-0.2, -0.15) is 0 Å². The maximum atomic E-state index is 13.6. The second kappa shape index (κ2) is 5.13. The second-order valence-electron chi connectivity index (χ2n) is 4.06. The second-order valence-corrected chi connectivity index (χ2v) is 4.47. The van der Waals surface area contributed by atoms with Crippen LogP contribution < -0.4 is 5.32 Å². The van der Waals surface area contributed by atoms with Crippen LogP contribution in [0.25, 0.3) is 0 Å². The Kier molecular flexibility index (Phi) is 3.79. The fourth-order valence-electron chi connectivity index (χ4n) is 1.93. The number of hydrogen-bond donors (Lipinski definition) is 1. The molecule has 2 atom stereocenters. The van der Waals surface area contributed by atoms with Crippen molar-refractivity contribution in [1.29, 1.82) is 0 Å². The molecule has 0 amide bonds. The summed E-state index contributed by atoms with van der Waals surface area (Å²) in [6.07, 6.45) is 1.17. The molecule has 0 aliphatic carbocycles. The zero-order valence-electron chi connectivity index (χ0n) is 9.17. The first-order chi connectivity index (χ1) is 7.68. The molecule has 1 aliphatic heterocycles. The molecule has 16 heavy (non-hydrogen) atoms. The average Bonchev–Trinajstić information content (AvgIpc) is 2.67. The highest BCUT2D eigenvalue weighted by Gasteiger charge is 2.23. The molecular weight excluding hydrogens is 229 g/mol. The Bertz CT molecular complexity index is 372. The highest BCUT2D eigenvalue weighted by molar-refractivity contribution is 6.30. The first kappa shape index (κ1) is 11.8. The molecule has 2 nitrogen and oxygen atoms in total. The van der Waals surface area contributed by atoms with Gasteiger partial charge in [0.05, 0.1) is 11.1 Å². The maximum Gasteiger partial charge on any atom is 0.146 e. The molecule has 0 spiro atoms. The van der Waals surface area contributed by atoms with Crippen LogP contribution in [0, 0.1) is 5.82 Å². The molecule has 0 bridgehead atoms. The highest BCUT2D eigenvalue weighted by atomic mass is 35.5. The van der Waals surface area contributed by atoms with Gasteiger partial charge < -0.3 is 10.1 Å². The van der Waals surface area contributed by atoms with Crippen LogP contribution in [0.4, 0.5) is 4.39 Å². The monoisotopic (exact) mass is 243 g/mol. The van der Waals surface area contributed by atoms with Gasteiger partial charge in [0, 0.05) is 24.8 Å². The normalized spacial score (nSPS) is 24.9. The van der Waals surface area contributed by atoms with Crippen molar-refractivity contribution in [3.05, 3.63) is 34.6 Å². The van der Waals surface area contributed by atoms with Crippen molar-refractivity contribution in [3.8, 4) is 0 Å². The quantitative estimate of drug-likeness (QED) is 0.882. The van der Waals surface area contributed by atoms with Crippen LogP contribution in [0.5, 0.6) is 0 Å². The third-order valence-electron chi connectivity index (χ3n) is 2.96. The summed E-state index contributed by atoms with van der Waals surface area (Å²) in [5.74, 6) is -0.330. The van der Waals surface area contributed by atoms with Gasteiger partial charge in [0.15, 0.2) is 0 Å². The molecular formula is C12H15ClFNO. The Morgan fingerprint density at radius 3 is 3.06 bits per heavy atom. The van der Waals surface area contributed by atoms with Gasteiger partial charge in [0.25, 0.3) is 0 Å². The van der Waals surface area contributed by atoms with E-state index in [9.17, 15) is 4.39 Å². The minimum atomic E-state index is -0.330. The standard InChI is InChI=1S/C12H15ClFNO/c1-8-11(5-6-16-8)15-7-9-3-2-4-10(13)12(9)14/h2-4,8,11,15H,5-7H2,1H3. The third kappa shape index (κ3) is 2.54. The molecule has 1 aliphatic rings. The van der Waals surface area contributed by atoms with Crippen LogP contribution >= 0.6 is 11.6 Å². The summed E-state index contributed by atoms with van der Waals surface area (Å²) in [6, 6.07) is 5.37. The lowest BCUT2D eigenvalue weighted by atomic mass is 10.1. The van der Waals surface area contributed by atoms with Crippen molar-refractivity contribution in [3.63, 3.8) is 0 Å². The van der Waals surface area contributed by atoms with E-state index in [0.717, 1.165) is 13.0 Å². The summed E-state index contributed by atoms with van der Waals surface area (Å²) in [5, 5.41) is 3.47. The van der Waals surface area contributed by atoms with E-state index < -0.39 is 0 Å². The molecule has 1 saturated heterocycles. The molecule has 4 heteroatoms. The lowest BCUT2D eigenvalue weighted by Gasteiger charge is -2.16. The van der Waals surface area contributed by atoms with E-state index in [4.69, 9.17) is 16.3 Å². The van der Waals surface area contributed by atoms with Gasteiger partial charge in [-0.15, -0.1) is 0 Å². The lowest BCUT2D eigenvalue weighted by Crippen LogP contribution is -2.34. The predicted octanol–water partition coefficient (Wildman–Crippen LogP) is 2.75. The Balaban J connectivity index is 1.96. The fourth-order valence-corrected chi connectivity index (χ4v) is 2.12. The number of halogens is 2. The smallest absolute Gasteiger partial charge is 0.146 e. The first-order valence-corrected chi connectivity index (χ1v) is 5.84. The van der Waals surface area contributed by atoms with Crippen LogP contribution in [0.15, 0.2) is 18.2 Å². The molecule has 1 aromatic rings. The predicted molar refractivity (Wildman–Crippen MR) is 62.1 cm³/mol. The molecule has 1 aromatic carbocycles. The van der Waals surface area contributed by atoms with Gasteiger partial charge in [-0.3, -0.25) is 0 Å². The van der Waals surface area contributed by atoms with E-state index in [1.807, 2.05) is 6.92 Å². The number of rotatable bonds is 3. The van der Waals surface area contributed by atoms with Gasteiger partial charge >= 0.3 is 0 Å². The molecule has 1 N–H and O–H groups in total. The third-order valence-corrected chi connectivity index (χ3v) is 3.25. The number of hydrogen-bond acceptors (Lipinski definition) is 2. The van der Waals surface area contributed by atoms with Gasteiger partial charge in [0.2, 0.25) is 0 Å². The molecule has 1 heterocycles. The molecule has 0 aromatic heterocycles. The van der Waals surface area contributed by atoms with E-state index in [0.29, 0.717) is 18.2 Å². The van der Waals surface area contributed by atoms with Crippen LogP contribution in [-0.2, 0) is 11.3 Å². The van der Waals surface area contributed by atoms with E-state index >= 15 is 0 Å². The number of nitrogens with one attached hydrogen (secondary N) is 1. The van der Waals surface area contributed by atoms with Crippen molar-refractivity contribution in [2.45, 2.75) is 32.0 Å². The first-order valence-electron chi connectivity index (χ1n) is 5.46. The maximum absolute atomic E-state index is 13.6. The van der Waals surface area contributed by atoms with Crippen molar-refractivity contribution < 1.29 is 9.13 Å². The van der Waals surface area contributed by atoms with Gasteiger partial charge in [0.1, 0.15) is 5.82 Å². The SMILES string of the molecule is CC1OCCC1NCc1cccc(Cl)c1F. The molecule has 2 rings (SSSR count). The van der Waals surface area contributed by atoms with Gasteiger partial charge in [-0.05, 0) is 19.4 Å². The topological polar surface area (TPSA) is 21.3 Å². The molecule has 1 fully saturated rings. The molecule has 2 unspecified atom stereocenters. The van der Waals surface area contributed by atoms with Crippen LogP contribution in [0.3, 0.4) is 0 Å². The van der Waals surface area contributed by atoms with E-state index in [-0.39, 0.29) is 16.9 Å². The molecule has 0 saturated carbocycles. The van der Waals surface area contributed by atoms with Crippen molar-refractivity contribution in [2.24, 2.45) is 0 Å². The summed E-state index contributed by atoms with van der Waals surface area (Å²) < 4.78 is 19.0. The van der Waals surface area contributed by atoms with Crippen molar-refractivity contribution >= 4 is 11.6 Å². The fraction of sp³-hybridized carbons (Fsp3) is 0.500. The minimum Gasteiger partial charge on any atom is -0.377 e. The van der Waals surface area contributed by atoms with Gasteiger partial charge in [-0.1, -0.05) is 23.7 Å². The van der Waals surface area contributed by atoms with Crippen LogP contribution in [-0.4, -0.2) is 18.8 Å². The minimum absolute atomic E-state index is 0.176. The zero-order valence-corrected chi connectivity index (χ0v) is 9.93. The summed E-state index contributed by atoms with van der Waals surface area (Å²) >= 11 is 5.71. The molecule has 0 radical (unpaired) electrons. The zero-order chi connectivity index (χ0) is 11.5. The number of ether oxygens (including phenoxy) is 1. The lowest BCUT2D eigenvalue weighted by molar-refractivity contribution is 0.113. The summed E-state index contributed by atoms with van der Waals surface area (Å²) in [7, 11) is 0. The number of benzene rings is 1. The van der Waals surface area contributed by atoms with E-state index in [1.165, 1.54) is 0 Å². The summed E-state index contributed by atoms with van der Waals surface area (Å²) in [5.41, 5.74) is 0.603. The summed E-state index contributed by atoms with van der Waals surface area (Å²) in [4.78, 5) is 0. The summed E-state index contributed by atoms with van der Waals surface area (Å²) in [6.45, 7) is 3.29. The largest absolute Gasteiger partial charge is 0.377 e. The van der Waals surface area contributed by atoms with E-state index in [2.05, 4.69) is 5.32 Å². The Labute approximate surface area is 99.7 Å². The Hall–Kier alpha value is -0.640. The Morgan fingerprint density at radius 2 is 2.38 bits per heavy atom.